The molecule has 8 nitrogen and oxygen atoms in total. The number of allylic oxidation sites excluding steroid dienone is 1. The third-order valence-corrected chi connectivity index (χ3v) is 5.13. The molecule has 0 bridgehead atoms. The summed E-state index contributed by atoms with van der Waals surface area (Å²) in [4.78, 5) is 30.6. The Balaban J connectivity index is 1.93. The Morgan fingerprint density at radius 2 is 1.93 bits per heavy atom. The summed E-state index contributed by atoms with van der Waals surface area (Å²) in [7, 11) is 1.64. The van der Waals surface area contributed by atoms with Crippen LogP contribution in [0.4, 0.5) is 5.95 Å². The van der Waals surface area contributed by atoms with Crippen molar-refractivity contribution in [1.29, 1.82) is 0 Å². The predicted octanol–water partition coefficient (Wildman–Crippen LogP) is 2.18. The van der Waals surface area contributed by atoms with Crippen molar-refractivity contribution in [1.82, 2.24) is 18.7 Å². The van der Waals surface area contributed by atoms with Gasteiger partial charge in [0.15, 0.2) is 11.2 Å². The van der Waals surface area contributed by atoms with E-state index in [1.54, 1.807) is 19.0 Å². The first kappa shape index (κ1) is 18.9. The highest BCUT2D eigenvalue weighted by Crippen LogP contribution is 2.26. The van der Waals surface area contributed by atoms with Gasteiger partial charge in [-0.15, -0.1) is 0 Å². The van der Waals surface area contributed by atoms with E-state index in [1.807, 2.05) is 23.6 Å². The van der Waals surface area contributed by atoms with Crippen LogP contribution in [0.3, 0.4) is 0 Å². The summed E-state index contributed by atoms with van der Waals surface area (Å²) in [6.07, 6.45) is 0. The monoisotopic (exact) mass is 392 g/mol. The summed E-state index contributed by atoms with van der Waals surface area (Å²) < 4.78 is 4.49. The van der Waals surface area contributed by atoms with E-state index in [2.05, 4.69) is 35.7 Å². The molecule has 0 unspecified atom stereocenters. The lowest BCUT2D eigenvalue weighted by Crippen LogP contribution is -2.40. The van der Waals surface area contributed by atoms with Gasteiger partial charge in [0.1, 0.15) is 0 Å². The van der Waals surface area contributed by atoms with Gasteiger partial charge >= 0.3 is 5.69 Å². The molecule has 0 saturated heterocycles. The lowest BCUT2D eigenvalue weighted by molar-refractivity contribution is 0.647. The van der Waals surface area contributed by atoms with E-state index < -0.39 is 5.69 Å². The molecule has 0 N–H and O–H groups in total. The zero-order valence-electron chi connectivity index (χ0n) is 17.1. The van der Waals surface area contributed by atoms with Gasteiger partial charge in [-0.05, 0) is 31.9 Å². The molecular weight excluding hydrogens is 368 g/mol. The average Bonchev–Trinajstić information content (AvgIpc) is 3.05. The molecule has 150 valence electrons. The van der Waals surface area contributed by atoms with Crippen molar-refractivity contribution >= 4 is 22.8 Å². The minimum Gasteiger partial charge on any atom is -0.297 e. The van der Waals surface area contributed by atoms with Gasteiger partial charge in [0.2, 0.25) is 5.95 Å². The molecular formula is C21H24N6O2. The summed E-state index contributed by atoms with van der Waals surface area (Å²) in [5.41, 5.74) is 3.91. The fraction of sp³-hybridized carbons (Fsp3) is 0.333. The van der Waals surface area contributed by atoms with E-state index in [9.17, 15) is 9.59 Å². The van der Waals surface area contributed by atoms with Crippen LogP contribution in [0.5, 0.6) is 0 Å². The van der Waals surface area contributed by atoms with Gasteiger partial charge in [0.25, 0.3) is 5.56 Å². The van der Waals surface area contributed by atoms with Gasteiger partial charge < -0.3 is 0 Å². The van der Waals surface area contributed by atoms with Crippen molar-refractivity contribution in [3.05, 3.63) is 68.4 Å². The smallest absolute Gasteiger partial charge is 0.297 e. The van der Waals surface area contributed by atoms with Crippen molar-refractivity contribution in [2.45, 2.75) is 40.4 Å². The maximum atomic E-state index is 13.2. The van der Waals surface area contributed by atoms with Crippen molar-refractivity contribution in [3.63, 3.8) is 0 Å². The van der Waals surface area contributed by atoms with Crippen molar-refractivity contribution < 1.29 is 0 Å². The first-order chi connectivity index (χ1) is 13.8. The fourth-order valence-electron chi connectivity index (χ4n) is 3.68. The minimum atomic E-state index is -0.399. The van der Waals surface area contributed by atoms with Gasteiger partial charge in [-0.2, -0.15) is 10.1 Å². The van der Waals surface area contributed by atoms with E-state index in [4.69, 9.17) is 0 Å². The Hall–Kier alpha value is -3.42. The van der Waals surface area contributed by atoms with Gasteiger partial charge in [-0.3, -0.25) is 18.5 Å². The van der Waals surface area contributed by atoms with Gasteiger partial charge in [-0.25, -0.2) is 9.80 Å². The fourth-order valence-corrected chi connectivity index (χ4v) is 3.68. The Kier molecular flexibility index (Phi) is 4.49. The summed E-state index contributed by atoms with van der Waals surface area (Å²) in [6.45, 7) is 10.8. The highest BCUT2D eigenvalue weighted by Gasteiger charge is 2.26. The van der Waals surface area contributed by atoms with Gasteiger partial charge in [0.05, 0.1) is 25.3 Å². The van der Waals surface area contributed by atoms with Crippen LogP contribution in [0, 0.1) is 6.92 Å². The maximum Gasteiger partial charge on any atom is 0.332 e. The van der Waals surface area contributed by atoms with E-state index in [1.165, 1.54) is 9.13 Å². The number of nitrogens with zero attached hydrogens (tertiary/aromatic N) is 6. The predicted molar refractivity (Wildman–Crippen MR) is 115 cm³/mol. The second kappa shape index (κ2) is 6.88. The first-order valence-corrected chi connectivity index (χ1v) is 9.48. The Morgan fingerprint density at radius 3 is 2.62 bits per heavy atom. The molecule has 4 rings (SSSR count). The number of anilines is 1. The van der Waals surface area contributed by atoms with Crippen LogP contribution in [-0.4, -0.2) is 24.4 Å². The summed E-state index contributed by atoms with van der Waals surface area (Å²) in [5, 5.41) is 6.46. The van der Waals surface area contributed by atoms with Crippen molar-refractivity contribution in [2.24, 2.45) is 12.1 Å². The maximum absolute atomic E-state index is 13.2. The Bertz CT molecular complexity index is 1290. The zero-order chi connectivity index (χ0) is 20.9. The second-order valence-electron chi connectivity index (χ2n) is 7.68. The second-order valence-corrected chi connectivity index (χ2v) is 7.68. The molecule has 1 aliphatic rings. The lowest BCUT2D eigenvalue weighted by atomic mass is 10.1. The van der Waals surface area contributed by atoms with Crippen LogP contribution in [-0.2, 0) is 26.7 Å². The number of aryl methyl sites for hydroxylation is 2. The Morgan fingerprint density at radius 1 is 1.21 bits per heavy atom. The van der Waals surface area contributed by atoms with E-state index in [0.717, 1.165) is 22.4 Å². The van der Waals surface area contributed by atoms with Crippen LogP contribution in [0.15, 0.2) is 51.1 Å². The lowest BCUT2D eigenvalue weighted by Gasteiger charge is -2.25. The van der Waals surface area contributed by atoms with E-state index in [0.29, 0.717) is 30.2 Å². The van der Waals surface area contributed by atoms with E-state index in [-0.39, 0.29) is 12.1 Å². The molecule has 1 aliphatic heterocycles. The largest absolute Gasteiger partial charge is 0.332 e. The Labute approximate surface area is 168 Å². The molecule has 3 aromatic rings. The minimum absolute atomic E-state index is 0.182. The highest BCUT2D eigenvalue weighted by atomic mass is 16.2. The topological polar surface area (TPSA) is 77.4 Å². The standard InChI is InChI=1S/C21H24N6O2/c1-13(2)10-26-19(28)17-18(24(5)21(26)29)22-20-25(17)11-15(4)23-27(20)12-16-9-7-6-8-14(16)3/h6-9H,1,10-12H2,2-5H3. The number of imidazole rings is 1. The van der Waals surface area contributed by atoms with Crippen LogP contribution < -0.4 is 16.3 Å². The molecule has 0 aliphatic carbocycles. The van der Waals surface area contributed by atoms with Crippen LogP contribution in [0.2, 0.25) is 0 Å². The van der Waals surface area contributed by atoms with Gasteiger partial charge in [-0.1, -0.05) is 36.4 Å². The summed E-state index contributed by atoms with van der Waals surface area (Å²) >= 11 is 0. The number of rotatable bonds is 4. The molecule has 2 aromatic heterocycles. The third kappa shape index (κ3) is 3.10. The van der Waals surface area contributed by atoms with Gasteiger partial charge in [0, 0.05) is 7.05 Å². The van der Waals surface area contributed by atoms with Crippen LogP contribution in [0.1, 0.15) is 25.0 Å². The molecule has 8 heteroatoms. The van der Waals surface area contributed by atoms with Crippen molar-refractivity contribution in [2.75, 3.05) is 5.01 Å². The number of fused-ring (bicyclic) bond motifs is 3. The first-order valence-electron chi connectivity index (χ1n) is 9.48. The molecule has 0 amide bonds. The molecule has 0 radical (unpaired) electrons. The number of hydrazone groups is 1. The zero-order valence-corrected chi connectivity index (χ0v) is 17.1. The summed E-state index contributed by atoms with van der Waals surface area (Å²) in [6, 6.07) is 8.10. The number of benzene rings is 1. The SMILES string of the molecule is C=C(C)Cn1c(=O)c2c(nc3n2CC(C)=NN3Cc2ccccc2C)n(C)c1=O. The quantitative estimate of drug-likeness (QED) is 0.638. The summed E-state index contributed by atoms with van der Waals surface area (Å²) in [5.74, 6) is 0.564. The third-order valence-electron chi connectivity index (χ3n) is 5.13. The molecule has 29 heavy (non-hydrogen) atoms. The van der Waals surface area contributed by atoms with E-state index >= 15 is 0 Å². The molecule has 0 atom stereocenters. The highest BCUT2D eigenvalue weighted by molar-refractivity contribution is 5.87. The van der Waals surface area contributed by atoms with Crippen LogP contribution >= 0.6 is 0 Å². The molecule has 0 spiro atoms. The molecule has 3 heterocycles. The molecule has 0 saturated carbocycles. The number of hydrogen-bond donors (Lipinski definition) is 0. The number of hydrogen-bond acceptors (Lipinski definition) is 5. The molecule has 0 fully saturated rings. The average molecular weight is 392 g/mol. The normalized spacial score (nSPS) is 13.5. The van der Waals surface area contributed by atoms with Crippen molar-refractivity contribution in [3.8, 4) is 0 Å². The molecule has 1 aromatic carbocycles. The number of aromatic nitrogens is 4. The van der Waals surface area contributed by atoms with Crippen LogP contribution in [0.25, 0.3) is 11.2 Å².